The van der Waals surface area contributed by atoms with Crippen molar-refractivity contribution in [1.82, 2.24) is 5.32 Å². The molecule has 8 heteroatoms. The number of anilines is 1. The van der Waals surface area contributed by atoms with Gasteiger partial charge in [-0.3, -0.25) is 9.10 Å². The van der Waals surface area contributed by atoms with Crippen molar-refractivity contribution in [1.29, 1.82) is 0 Å². The van der Waals surface area contributed by atoms with E-state index < -0.39 is 16.1 Å². The summed E-state index contributed by atoms with van der Waals surface area (Å²) in [5.41, 5.74) is 0.512. The summed E-state index contributed by atoms with van der Waals surface area (Å²) in [6.45, 7) is 2.33. The highest BCUT2D eigenvalue weighted by Gasteiger charge is 2.15. The Hall–Kier alpha value is -3.26. The maximum absolute atomic E-state index is 12.3. The average Bonchev–Trinajstić information content (AvgIpc) is 2.75. The second kappa shape index (κ2) is 9.70. The quantitative estimate of drug-likeness (QED) is 0.515. The minimum Gasteiger partial charge on any atom is -0.492 e. The van der Waals surface area contributed by atoms with Gasteiger partial charge in [0.1, 0.15) is 18.1 Å². The number of sulfonamides is 1. The van der Waals surface area contributed by atoms with Crippen molar-refractivity contribution in [2.45, 2.75) is 13.0 Å². The lowest BCUT2D eigenvalue weighted by atomic mass is 10.1. The molecule has 3 rings (SSSR count). The van der Waals surface area contributed by atoms with E-state index in [1.54, 1.807) is 31.2 Å². The molecule has 0 aliphatic heterocycles. The number of hydrogen-bond acceptors (Lipinski definition) is 5. The van der Waals surface area contributed by atoms with Gasteiger partial charge in [0, 0.05) is 7.05 Å². The third-order valence-corrected chi connectivity index (χ3v) is 5.98. The molecule has 0 spiro atoms. The molecule has 0 aromatic heterocycles. The van der Waals surface area contributed by atoms with Crippen LogP contribution in [-0.2, 0) is 14.8 Å². The molecule has 1 N–H and O–H groups in total. The van der Waals surface area contributed by atoms with Gasteiger partial charge in [-0.1, -0.05) is 30.3 Å². The summed E-state index contributed by atoms with van der Waals surface area (Å²) in [6.07, 6.45) is 0.423. The number of fused-ring (bicyclic) bond motifs is 1. The predicted molar refractivity (Wildman–Crippen MR) is 122 cm³/mol. The molecule has 1 amide bonds. The molecule has 3 aromatic carbocycles. The molecular weight excluding hydrogens is 416 g/mol. The van der Waals surface area contributed by atoms with E-state index in [1.165, 1.54) is 11.4 Å². The van der Waals surface area contributed by atoms with Crippen molar-refractivity contribution in [3.05, 3.63) is 66.7 Å². The Bertz CT molecular complexity index is 1150. The lowest BCUT2D eigenvalue weighted by Crippen LogP contribution is -2.38. The zero-order valence-corrected chi connectivity index (χ0v) is 18.6. The Morgan fingerprint density at radius 2 is 1.65 bits per heavy atom. The maximum atomic E-state index is 12.3. The number of amides is 1. The predicted octanol–water partition coefficient (Wildman–Crippen LogP) is 3.20. The van der Waals surface area contributed by atoms with Gasteiger partial charge in [0.15, 0.2) is 6.10 Å². The molecule has 0 unspecified atom stereocenters. The number of carbonyl (C=O) groups excluding carboxylic acids is 1. The molecule has 0 bridgehead atoms. The highest BCUT2D eigenvalue weighted by Crippen LogP contribution is 2.21. The summed E-state index contributed by atoms with van der Waals surface area (Å²) < 4.78 is 35.7. The number of hydrogen-bond donors (Lipinski definition) is 1. The molecule has 164 valence electrons. The van der Waals surface area contributed by atoms with Gasteiger partial charge in [0.05, 0.1) is 18.5 Å². The minimum atomic E-state index is -3.33. The van der Waals surface area contributed by atoms with Crippen LogP contribution in [0.15, 0.2) is 66.7 Å². The maximum Gasteiger partial charge on any atom is 0.260 e. The van der Waals surface area contributed by atoms with Crippen molar-refractivity contribution >= 4 is 32.4 Å². The van der Waals surface area contributed by atoms with Crippen LogP contribution in [0.3, 0.4) is 0 Å². The van der Waals surface area contributed by atoms with Crippen LogP contribution in [0.25, 0.3) is 10.8 Å². The number of carbonyl (C=O) groups is 1. The van der Waals surface area contributed by atoms with Gasteiger partial charge in [-0.25, -0.2) is 8.42 Å². The standard InChI is InChI=1S/C23H26N2O5S/c1-17(30-21-12-9-20(10-13-21)25(2)31(3,27)28)23(26)24-14-15-29-22-11-8-18-6-4-5-7-19(18)16-22/h4-13,16-17H,14-15H2,1-3H3,(H,24,26)/t17-/m0/s1. The summed E-state index contributed by atoms with van der Waals surface area (Å²) in [5.74, 6) is 0.955. The van der Waals surface area contributed by atoms with Crippen molar-refractivity contribution in [2.24, 2.45) is 0 Å². The van der Waals surface area contributed by atoms with Crippen molar-refractivity contribution in [3.63, 3.8) is 0 Å². The van der Waals surface area contributed by atoms with Crippen LogP contribution in [0.1, 0.15) is 6.92 Å². The molecule has 0 saturated carbocycles. The van der Waals surface area contributed by atoms with E-state index in [2.05, 4.69) is 5.32 Å². The Morgan fingerprint density at radius 1 is 1.00 bits per heavy atom. The molecule has 0 radical (unpaired) electrons. The van der Waals surface area contributed by atoms with Crippen LogP contribution < -0.4 is 19.1 Å². The van der Waals surface area contributed by atoms with Gasteiger partial charge < -0.3 is 14.8 Å². The van der Waals surface area contributed by atoms with E-state index in [4.69, 9.17) is 9.47 Å². The third kappa shape index (κ3) is 6.11. The fourth-order valence-corrected chi connectivity index (χ4v) is 3.43. The van der Waals surface area contributed by atoms with E-state index in [9.17, 15) is 13.2 Å². The first-order valence-electron chi connectivity index (χ1n) is 9.84. The molecular formula is C23H26N2O5S. The molecule has 0 aliphatic carbocycles. The van der Waals surface area contributed by atoms with Gasteiger partial charge in [-0.2, -0.15) is 0 Å². The average molecular weight is 443 g/mol. The lowest BCUT2D eigenvalue weighted by molar-refractivity contribution is -0.127. The highest BCUT2D eigenvalue weighted by molar-refractivity contribution is 7.92. The summed E-state index contributed by atoms with van der Waals surface area (Å²) >= 11 is 0. The van der Waals surface area contributed by atoms with Crippen LogP contribution in [0.4, 0.5) is 5.69 Å². The van der Waals surface area contributed by atoms with Gasteiger partial charge in [0.2, 0.25) is 10.0 Å². The summed E-state index contributed by atoms with van der Waals surface area (Å²) in [7, 11) is -1.86. The van der Waals surface area contributed by atoms with Crippen molar-refractivity contribution < 1.29 is 22.7 Å². The summed E-state index contributed by atoms with van der Waals surface area (Å²) in [5, 5.41) is 5.02. The zero-order chi connectivity index (χ0) is 22.4. The van der Waals surface area contributed by atoms with Crippen LogP contribution in [-0.4, -0.2) is 46.9 Å². The lowest BCUT2D eigenvalue weighted by Gasteiger charge is -2.18. The minimum absolute atomic E-state index is 0.264. The second-order valence-electron chi connectivity index (χ2n) is 7.13. The Morgan fingerprint density at radius 3 is 2.32 bits per heavy atom. The van der Waals surface area contributed by atoms with E-state index in [0.29, 0.717) is 24.6 Å². The normalized spacial score (nSPS) is 12.2. The molecule has 3 aromatic rings. The molecule has 0 fully saturated rings. The van der Waals surface area contributed by atoms with Crippen molar-refractivity contribution in [3.8, 4) is 11.5 Å². The topological polar surface area (TPSA) is 84.9 Å². The van der Waals surface area contributed by atoms with Crippen LogP contribution in [0.2, 0.25) is 0 Å². The highest BCUT2D eigenvalue weighted by atomic mass is 32.2. The zero-order valence-electron chi connectivity index (χ0n) is 17.7. The number of benzene rings is 3. The number of nitrogens with zero attached hydrogens (tertiary/aromatic N) is 1. The number of ether oxygens (including phenoxy) is 2. The molecule has 1 atom stereocenters. The third-order valence-electron chi connectivity index (χ3n) is 4.77. The first-order valence-corrected chi connectivity index (χ1v) is 11.7. The van der Waals surface area contributed by atoms with Gasteiger partial charge in [-0.05, 0) is 54.1 Å². The molecule has 31 heavy (non-hydrogen) atoms. The Kier molecular flexibility index (Phi) is 7.02. The van der Waals surface area contributed by atoms with Crippen LogP contribution in [0, 0.1) is 0 Å². The van der Waals surface area contributed by atoms with Crippen LogP contribution in [0.5, 0.6) is 11.5 Å². The SMILES string of the molecule is C[C@H](Oc1ccc(N(C)S(C)(=O)=O)cc1)C(=O)NCCOc1ccc2ccccc2c1. The summed E-state index contributed by atoms with van der Waals surface area (Å²) in [4.78, 5) is 12.3. The fraction of sp³-hybridized carbons (Fsp3) is 0.261. The van der Waals surface area contributed by atoms with Gasteiger partial charge in [-0.15, -0.1) is 0 Å². The first-order chi connectivity index (χ1) is 14.7. The van der Waals surface area contributed by atoms with E-state index in [1.807, 2.05) is 42.5 Å². The van der Waals surface area contributed by atoms with Gasteiger partial charge >= 0.3 is 0 Å². The van der Waals surface area contributed by atoms with E-state index in [0.717, 1.165) is 22.8 Å². The molecule has 0 heterocycles. The molecule has 0 aliphatic rings. The number of rotatable bonds is 9. The first kappa shape index (κ1) is 22.4. The second-order valence-corrected chi connectivity index (χ2v) is 9.15. The van der Waals surface area contributed by atoms with Gasteiger partial charge in [0.25, 0.3) is 5.91 Å². The van der Waals surface area contributed by atoms with E-state index in [-0.39, 0.29) is 5.91 Å². The molecule has 0 saturated heterocycles. The summed E-state index contributed by atoms with van der Waals surface area (Å²) in [6, 6.07) is 20.4. The Balaban J connectivity index is 1.44. The fourth-order valence-electron chi connectivity index (χ4n) is 2.93. The largest absolute Gasteiger partial charge is 0.492 e. The molecule has 7 nitrogen and oxygen atoms in total. The monoisotopic (exact) mass is 442 g/mol. The van der Waals surface area contributed by atoms with E-state index >= 15 is 0 Å². The van der Waals surface area contributed by atoms with Crippen molar-refractivity contribution in [2.75, 3.05) is 30.8 Å². The Labute approximate surface area is 182 Å². The smallest absolute Gasteiger partial charge is 0.260 e. The number of nitrogens with one attached hydrogen (secondary N) is 1. The van der Waals surface area contributed by atoms with Crippen LogP contribution >= 0.6 is 0 Å².